The Balaban J connectivity index is 2.96. The highest BCUT2D eigenvalue weighted by atomic mass is 15.1. The van der Waals surface area contributed by atoms with Crippen LogP contribution in [0.3, 0.4) is 0 Å². The summed E-state index contributed by atoms with van der Waals surface area (Å²) in [7, 11) is 1.93. The van der Waals surface area contributed by atoms with Gasteiger partial charge in [-0.25, -0.2) is 0 Å². The van der Waals surface area contributed by atoms with Crippen molar-refractivity contribution in [2.24, 2.45) is 0 Å². The summed E-state index contributed by atoms with van der Waals surface area (Å²) in [4.78, 5) is 6.36. The summed E-state index contributed by atoms with van der Waals surface area (Å²) in [5.41, 5.74) is 2.37. The fourth-order valence-corrected chi connectivity index (χ4v) is 1.64. The highest BCUT2D eigenvalue weighted by Crippen LogP contribution is 2.18. The van der Waals surface area contributed by atoms with E-state index in [9.17, 15) is 0 Å². The van der Waals surface area contributed by atoms with Crippen molar-refractivity contribution in [1.29, 1.82) is 0 Å². The molecule has 0 bridgehead atoms. The molecule has 0 radical (unpaired) electrons. The highest BCUT2D eigenvalue weighted by molar-refractivity contribution is 5.53. The van der Waals surface area contributed by atoms with Gasteiger partial charge in [-0.3, -0.25) is 4.98 Å². The van der Waals surface area contributed by atoms with Crippen LogP contribution in [0.25, 0.3) is 0 Å². The second kappa shape index (κ2) is 6.80. The fraction of sp³-hybridized carbons (Fsp3) is 0.308. The molecule has 0 aromatic carbocycles. The first-order valence-corrected chi connectivity index (χ1v) is 5.37. The third-order valence-electron chi connectivity index (χ3n) is 2.28. The topological polar surface area (TPSA) is 28.2 Å². The first-order chi connectivity index (χ1) is 7.83. The molecule has 1 aromatic rings. The molecule has 0 atom stereocenters. The van der Waals surface area contributed by atoms with E-state index in [4.69, 9.17) is 0 Å². The molecule has 0 unspecified atom stereocenters. The predicted molar refractivity (Wildman–Crippen MR) is 69.6 cm³/mol. The van der Waals surface area contributed by atoms with Crippen LogP contribution in [-0.4, -0.2) is 25.1 Å². The van der Waals surface area contributed by atoms with Crippen molar-refractivity contribution in [2.45, 2.75) is 6.54 Å². The molecular weight excluding hydrogens is 198 g/mol. The van der Waals surface area contributed by atoms with E-state index in [1.54, 1.807) is 0 Å². The van der Waals surface area contributed by atoms with Crippen LogP contribution in [0.4, 0.5) is 5.69 Å². The molecule has 86 valence electrons. The molecule has 3 nitrogen and oxygen atoms in total. The van der Waals surface area contributed by atoms with Gasteiger partial charge in [-0.2, -0.15) is 0 Å². The highest BCUT2D eigenvalue weighted by Gasteiger charge is 2.07. The average Bonchev–Trinajstić information content (AvgIpc) is 2.30. The summed E-state index contributed by atoms with van der Waals surface area (Å²) < 4.78 is 0. The van der Waals surface area contributed by atoms with Crippen molar-refractivity contribution in [1.82, 2.24) is 10.3 Å². The van der Waals surface area contributed by atoms with Gasteiger partial charge >= 0.3 is 0 Å². The van der Waals surface area contributed by atoms with E-state index in [-0.39, 0.29) is 0 Å². The van der Waals surface area contributed by atoms with Crippen LogP contribution in [0.15, 0.2) is 43.8 Å². The van der Waals surface area contributed by atoms with Gasteiger partial charge in [0.15, 0.2) is 0 Å². The van der Waals surface area contributed by atoms with E-state index in [0.717, 1.165) is 19.6 Å². The molecule has 0 saturated heterocycles. The molecule has 3 heteroatoms. The number of rotatable bonds is 7. The summed E-state index contributed by atoms with van der Waals surface area (Å²) in [6.45, 7) is 9.99. The molecule has 0 amide bonds. The maximum atomic E-state index is 4.15. The molecule has 0 fully saturated rings. The fourth-order valence-electron chi connectivity index (χ4n) is 1.64. The normalized spacial score (nSPS) is 9.81. The van der Waals surface area contributed by atoms with Crippen molar-refractivity contribution in [3.05, 3.63) is 49.3 Å². The first-order valence-electron chi connectivity index (χ1n) is 5.37. The van der Waals surface area contributed by atoms with Crippen molar-refractivity contribution in [2.75, 3.05) is 25.0 Å². The van der Waals surface area contributed by atoms with Crippen LogP contribution in [0.2, 0.25) is 0 Å². The minimum Gasteiger partial charge on any atom is -0.364 e. The van der Waals surface area contributed by atoms with Crippen LogP contribution in [0, 0.1) is 0 Å². The lowest BCUT2D eigenvalue weighted by Crippen LogP contribution is -2.25. The van der Waals surface area contributed by atoms with Gasteiger partial charge in [-0.15, -0.1) is 13.2 Å². The molecule has 0 spiro atoms. The quantitative estimate of drug-likeness (QED) is 0.708. The van der Waals surface area contributed by atoms with Crippen molar-refractivity contribution in [3.63, 3.8) is 0 Å². The lowest BCUT2D eigenvalue weighted by atomic mass is 10.2. The van der Waals surface area contributed by atoms with Crippen LogP contribution >= 0.6 is 0 Å². The number of anilines is 1. The molecule has 0 aliphatic carbocycles. The molecule has 0 aliphatic heterocycles. The van der Waals surface area contributed by atoms with E-state index in [1.807, 2.05) is 37.7 Å². The second-order valence-electron chi connectivity index (χ2n) is 3.52. The van der Waals surface area contributed by atoms with Gasteiger partial charge < -0.3 is 10.2 Å². The van der Waals surface area contributed by atoms with E-state index < -0.39 is 0 Å². The Morgan fingerprint density at radius 1 is 1.38 bits per heavy atom. The first kappa shape index (κ1) is 12.5. The van der Waals surface area contributed by atoms with Crippen LogP contribution < -0.4 is 10.2 Å². The van der Waals surface area contributed by atoms with Gasteiger partial charge in [-0.1, -0.05) is 12.2 Å². The van der Waals surface area contributed by atoms with Crippen molar-refractivity contribution in [3.8, 4) is 0 Å². The molecule has 0 aliphatic rings. The number of nitrogens with zero attached hydrogens (tertiary/aromatic N) is 2. The third-order valence-corrected chi connectivity index (χ3v) is 2.28. The minimum atomic E-state index is 0.812. The number of aromatic nitrogens is 1. The minimum absolute atomic E-state index is 0.812. The van der Waals surface area contributed by atoms with Crippen molar-refractivity contribution >= 4 is 5.69 Å². The molecule has 0 saturated carbocycles. The molecule has 1 N–H and O–H groups in total. The lowest BCUT2D eigenvalue weighted by molar-refractivity contribution is 0.803. The summed E-state index contributed by atoms with van der Waals surface area (Å²) >= 11 is 0. The molecule has 1 aromatic heterocycles. The molecule has 1 rings (SSSR count). The molecule has 16 heavy (non-hydrogen) atoms. The SMILES string of the molecule is C=CCN(CC=C)c1ccncc1CNC. The van der Waals surface area contributed by atoms with Crippen LogP contribution in [-0.2, 0) is 6.54 Å². The molecule has 1 heterocycles. The summed E-state index contributed by atoms with van der Waals surface area (Å²) in [6, 6.07) is 2.03. The Hall–Kier alpha value is -1.61. The lowest BCUT2D eigenvalue weighted by Gasteiger charge is -2.24. The number of hydrogen-bond acceptors (Lipinski definition) is 3. The summed E-state index contributed by atoms with van der Waals surface area (Å²) in [5.74, 6) is 0. The smallest absolute Gasteiger partial charge is 0.0448 e. The zero-order valence-corrected chi connectivity index (χ0v) is 9.82. The van der Waals surface area contributed by atoms with Gasteiger partial charge in [0, 0.05) is 43.3 Å². The Kier molecular flexibility index (Phi) is 5.29. The Bertz CT molecular complexity index is 337. The van der Waals surface area contributed by atoms with Crippen LogP contribution in [0.1, 0.15) is 5.56 Å². The van der Waals surface area contributed by atoms with E-state index >= 15 is 0 Å². The van der Waals surface area contributed by atoms with Gasteiger partial charge in [0.05, 0.1) is 0 Å². The second-order valence-corrected chi connectivity index (χ2v) is 3.52. The van der Waals surface area contributed by atoms with Gasteiger partial charge in [0.25, 0.3) is 0 Å². The van der Waals surface area contributed by atoms with E-state index in [0.29, 0.717) is 0 Å². The number of nitrogens with one attached hydrogen (secondary N) is 1. The number of pyridine rings is 1. The van der Waals surface area contributed by atoms with E-state index in [1.165, 1.54) is 11.3 Å². The standard InChI is InChI=1S/C13H19N3/c1-4-8-16(9-5-2)13-6-7-15-11-12(13)10-14-3/h4-7,11,14H,1-2,8-10H2,3H3. The zero-order chi connectivity index (χ0) is 11.8. The Morgan fingerprint density at radius 3 is 2.62 bits per heavy atom. The van der Waals surface area contributed by atoms with Gasteiger partial charge in [0.1, 0.15) is 0 Å². The van der Waals surface area contributed by atoms with E-state index in [2.05, 4.69) is 28.4 Å². The molecular formula is C13H19N3. The summed E-state index contributed by atoms with van der Waals surface area (Å²) in [5, 5.41) is 3.15. The average molecular weight is 217 g/mol. The monoisotopic (exact) mass is 217 g/mol. The maximum Gasteiger partial charge on any atom is 0.0448 e. The third kappa shape index (κ3) is 3.21. The van der Waals surface area contributed by atoms with Gasteiger partial charge in [-0.05, 0) is 13.1 Å². The van der Waals surface area contributed by atoms with Crippen molar-refractivity contribution < 1.29 is 0 Å². The van der Waals surface area contributed by atoms with Crippen LogP contribution in [0.5, 0.6) is 0 Å². The Labute approximate surface area is 97.5 Å². The summed E-state index contributed by atoms with van der Waals surface area (Å²) in [6.07, 6.45) is 7.50. The Morgan fingerprint density at radius 2 is 2.06 bits per heavy atom. The maximum absolute atomic E-state index is 4.15. The number of hydrogen-bond donors (Lipinski definition) is 1. The van der Waals surface area contributed by atoms with Gasteiger partial charge in [0.2, 0.25) is 0 Å². The largest absolute Gasteiger partial charge is 0.364 e. The zero-order valence-electron chi connectivity index (χ0n) is 9.82. The predicted octanol–water partition coefficient (Wildman–Crippen LogP) is 1.98.